The molecule has 2 aromatic rings. The number of hydrogen-bond acceptors (Lipinski definition) is 1. The highest BCUT2D eigenvalue weighted by Crippen LogP contribution is 2.25. The lowest BCUT2D eigenvalue weighted by atomic mass is 10.0. The topological polar surface area (TPSA) is 12.0 Å². The molecule has 2 aromatic carbocycles. The number of hydrogen-bond donors (Lipinski definition) is 1. The Morgan fingerprint density at radius 3 is 1.47 bits per heavy atom. The van der Waals surface area contributed by atoms with Gasteiger partial charge in [-0.3, -0.25) is 0 Å². The minimum Gasteiger partial charge on any atom is -0.355 e. The molecule has 1 heterocycles. The fourth-order valence-electron chi connectivity index (χ4n) is 2.18. The first-order valence-electron chi connectivity index (χ1n) is 6.33. The van der Waals surface area contributed by atoms with Crippen LogP contribution in [0.1, 0.15) is 11.1 Å². The van der Waals surface area contributed by atoms with Gasteiger partial charge < -0.3 is 5.32 Å². The minimum atomic E-state index is 1.01. The van der Waals surface area contributed by atoms with Gasteiger partial charge in [-0.15, -0.1) is 0 Å². The van der Waals surface area contributed by atoms with E-state index in [1.165, 1.54) is 11.1 Å². The zero-order valence-corrected chi connectivity index (χ0v) is 10.6. The Labute approximate surface area is 113 Å². The molecular formula is C18H15N. The average Bonchev–Trinajstić information content (AvgIpc) is 2.48. The maximum absolute atomic E-state index is 4.07. The summed E-state index contributed by atoms with van der Waals surface area (Å²) in [6.45, 7) is 4.07. The fraction of sp³-hybridized carbons (Fsp3) is 0. The smallest absolute Gasteiger partial charge is 0.0463 e. The van der Waals surface area contributed by atoms with Crippen molar-refractivity contribution in [1.82, 2.24) is 5.32 Å². The van der Waals surface area contributed by atoms with Crippen LogP contribution in [0.3, 0.4) is 0 Å². The van der Waals surface area contributed by atoms with E-state index in [1.807, 2.05) is 36.4 Å². The molecule has 0 bridgehead atoms. The molecule has 1 aliphatic heterocycles. The van der Waals surface area contributed by atoms with Crippen LogP contribution in [0.15, 0.2) is 85.0 Å². The summed E-state index contributed by atoms with van der Waals surface area (Å²) in [5, 5.41) is 3.48. The molecule has 92 valence electrons. The van der Waals surface area contributed by atoms with Crippen molar-refractivity contribution in [3.63, 3.8) is 0 Å². The molecule has 1 heteroatoms. The molecule has 0 aromatic heterocycles. The van der Waals surface area contributed by atoms with Gasteiger partial charge in [0.2, 0.25) is 0 Å². The molecule has 1 nitrogen and oxygen atoms in total. The predicted octanol–water partition coefficient (Wildman–Crippen LogP) is 4.23. The van der Waals surface area contributed by atoms with Crippen molar-refractivity contribution in [2.45, 2.75) is 0 Å². The molecular weight excluding hydrogens is 230 g/mol. The van der Waals surface area contributed by atoms with Gasteiger partial charge in [0, 0.05) is 11.4 Å². The zero-order valence-electron chi connectivity index (χ0n) is 10.6. The normalized spacial score (nSPS) is 14.4. The Balaban J connectivity index is 1.94. The first-order valence-corrected chi connectivity index (χ1v) is 6.33. The van der Waals surface area contributed by atoms with Gasteiger partial charge in [-0.25, -0.2) is 0 Å². The summed E-state index contributed by atoms with van der Waals surface area (Å²) in [4.78, 5) is 0. The highest BCUT2D eigenvalue weighted by Gasteiger charge is 2.10. The summed E-state index contributed by atoms with van der Waals surface area (Å²) >= 11 is 0. The molecule has 1 N–H and O–H groups in total. The predicted molar refractivity (Wildman–Crippen MR) is 81.1 cm³/mol. The van der Waals surface area contributed by atoms with Crippen LogP contribution in [-0.4, -0.2) is 0 Å². The maximum atomic E-state index is 4.07. The van der Waals surface area contributed by atoms with E-state index in [0.29, 0.717) is 0 Å². The number of dihydropyridines is 1. The van der Waals surface area contributed by atoms with Crippen molar-refractivity contribution >= 4 is 11.4 Å². The van der Waals surface area contributed by atoms with E-state index in [9.17, 15) is 0 Å². The molecule has 0 fully saturated rings. The van der Waals surface area contributed by atoms with Gasteiger partial charge in [-0.1, -0.05) is 67.2 Å². The zero-order chi connectivity index (χ0) is 13.1. The third-order valence-electron chi connectivity index (χ3n) is 3.10. The van der Waals surface area contributed by atoms with Gasteiger partial charge in [0.1, 0.15) is 0 Å². The quantitative estimate of drug-likeness (QED) is 0.835. The van der Waals surface area contributed by atoms with Gasteiger partial charge in [-0.2, -0.15) is 0 Å². The first-order chi connectivity index (χ1) is 9.33. The van der Waals surface area contributed by atoms with E-state index >= 15 is 0 Å². The molecule has 0 spiro atoms. The van der Waals surface area contributed by atoms with Crippen LogP contribution in [0.4, 0.5) is 0 Å². The molecule has 0 atom stereocenters. The molecule has 1 aliphatic rings. The number of rotatable bonds is 2. The second-order valence-electron chi connectivity index (χ2n) is 4.55. The van der Waals surface area contributed by atoms with Gasteiger partial charge in [0.25, 0.3) is 0 Å². The Kier molecular flexibility index (Phi) is 3.03. The summed E-state index contributed by atoms with van der Waals surface area (Å²) in [5.74, 6) is 0. The highest BCUT2D eigenvalue weighted by molar-refractivity contribution is 5.83. The van der Waals surface area contributed by atoms with E-state index in [2.05, 4.69) is 48.3 Å². The standard InChI is InChI=1S/C18H15N/c1-14-12-17(15-8-4-2-5-9-15)19-18(13-14)16-10-6-3-7-11-16/h2-13,19H,1H2. The summed E-state index contributed by atoms with van der Waals surface area (Å²) in [6, 6.07) is 20.6. The minimum absolute atomic E-state index is 1.01. The monoisotopic (exact) mass is 245 g/mol. The van der Waals surface area contributed by atoms with Crippen LogP contribution in [0.25, 0.3) is 11.4 Å². The van der Waals surface area contributed by atoms with E-state index in [4.69, 9.17) is 0 Å². The molecule has 0 amide bonds. The molecule has 19 heavy (non-hydrogen) atoms. The first kappa shape index (κ1) is 11.5. The Hall–Kier alpha value is -2.54. The number of nitrogens with one attached hydrogen (secondary N) is 1. The van der Waals surface area contributed by atoms with Crippen molar-refractivity contribution in [3.8, 4) is 0 Å². The fourth-order valence-corrected chi connectivity index (χ4v) is 2.18. The van der Waals surface area contributed by atoms with Crippen LogP contribution >= 0.6 is 0 Å². The Morgan fingerprint density at radius 1 is 0.632 bits per heavy atom. The van der Waals surface area contributed by atoms with Gasteiger partial charge in [0.05, 0.1) is 0 Å². The van der Waals surface area contributed by atoms with Crippen LogP contribution < -0.4 is 5.32 Å². The molecule has 0 unspecified atom stereocenters. The second kappa shape index (κ2) is 4.99. The third-order valence-corrected chi connectivity index (χ3v) is 3.10. The average molecular weight is 245 g/mol. The van der Waals surface area contributed by atoms with Crippen molar-refractivity contribution in [2.75, 3.05) is 0 Å². The largest absolute Gasteiger partial charge is 0.355 e. The van der Waals surface area contributed by atoms with E-state index in [1.54, 1.807) is 0 Å². The van der Waals surface area contributed by atoms with E-state index < -0.39 is 0 Å². The van der Waals surface area contributed by atoms with Crippen molar-refractivity contribution in [3.05, 3.63) is 96.1 Å². The number of allylic oxidation sites excluding steroid dienone is 3. The van der Waals surface area contributed by atoms with Crippen LogP contribution in [0.5, 0.6) is 0 Å². The molecule has 0 saturated carbocycles. The van der Waals surface area contributed by atoms with Crippen molar-refractivity contribution < 1.29 is 0 Å². The Morgan fingerprint density at radius 2 is 1.05 bits per heavy atom. The van der Waals surface area contributed by atoms with Gasteiger partial charge >= 0.3 is 0 Å². The van der Waals surface area contributed by atoms with Crippen LogP contribution in [0.2, 0.25) is 0 Å². The molecule has 3 rings (SSSR count). The molecule has 0 radical (unpaired) electrons. The van der Waals surface area contributed by atoms with Crippen molar-refractivity contribution in [1.29, 1.82) is 0 Å². The summed E-state index contributed by atoms with van der Waals surface area (Å²) in [7, 11) is 0. The van der Waals surface area contributed by atoms with Gasteiger partial charge in [0.15, 0.2) is 0 Å². The lowest BCUT2D eigenvalue weighted by molar-refractivity contribution is 1.21. The van der Waals surface area contributed by atoms with Crippen LogP contribution in [-0.2, 0) is 0 Å². The lowest BCUT2D eigenvalue weighted by Gasteiger charge is -2.19. The lowest BCUT2D eigenvalue weighted by Crippen LogP contribution is -2.14. The summed E-state index contributed by atoms with van der Waals surface area (Å²) < 4.78 is 0. The highest BCUT2D eigenvalue weighted by atomic mass is 14.9. The number of benzene rings is 2. The SMILES string of the molecule is C=C1C=C(c2ccccc2)NC(c2ccccc2)=C1. The van der Waals surface area contributed by atoms with Crippen molar-refractivity contribution in [2.24, 2.45) is 0 Å². The molecule has 0 aliphatic carbocycles. The van der Waals surface area contributed by atoms with E-state index in [-0.39, 0.29) is 0 Å². The second-order valence-corrected chi connectivity index (χ2v) is 4.55. The van der Waals surface area contributed by atoms with E-state index in [0.717, 1.165) is 17.0 Å². The van der Waals surface area contributed by atoms with Gasteiger partial charge in [-0.05, 0) is 28.9 Å². The summed E-state index contributed by atoms with van der Waals surface area (Å²) in [5.41, 5.74) is 5.53. The molecule has 0 saturated heterocycles. The summed E-state index contributed by atoms with van der Waals surface area (Å²) in [6.07, 6.45) is 4.14. The maximum Gasteiger partial charge on any atom is 0.0463 e. The third kappa shape index (κ3) is 2.50. The Bertz CT molecular complexity index is 591. The van der Waals surface area contributed by atoms with Crippen LogP contribution in [0, 0.1) is 0 Å².